The lowest BCUT2D eigenvalue weighted by molar-refractivity contribution is -0.150. The highest BCUT2D eigenvalue weighted by molar-refractivity contribution is 5.71. The van der Waals surface area contributed by atoms with Crippen molar-refractivity contribution >= 4 is 5.97 Å². The zero-order chi connectivity index (χ0) is 14.6. The van der Waals surface area contributed by atoms with Gasteiger partial charge in [-0.2, -0.15) is 0 Å². The largest absolute Gasteiger partial charge is 0.466 e. The number of carbonyl (C=O) groups is 1. The quantitative estimate of drug-likeness (QED) is 0.737. The number of carbonyl (C=O) groups excluding carboxylic acids is 1. The summed E-state index contributed by atoms with van der Waals surface area (Å²) in [6.45, 7) is 9.42. The molecular weight excluding hydrogens is 250 g/mol. The molecular formula is C17H31NO2. The number of piperidine rings is 1. The molecule has 1 heterocycles. The first-order chi connectivity index (χ1) is 9.58. The molecule has 1 aliphatic heterocycles. The maximum Gasteiger partial charge on any atom is 0.307 e. The summed E-state index contributed by atoms with van der Waals surface area (Å²) in [6, 6.07) is 0. The molecule has 116 valence electrons. The number of rotatable bonds is 4. The van der Waals surface area contributed by atoms with Crippen LogP contribution in [0.2, 0.25) is 0 Å². The van der Waals surface area contributed by atoms with E-state index in [1.54, 1.807) is 0 Å². The van der Waals surface area contributed by atoms with Crippen LogP contribution in [0.5, 0.6) is 0 Å². The second kappa shape index (κ2) is 6.93. The lowest BCUT2D eigenvalue weighted by atomic mass is 9.66. The van der Waals surface area contributed by atoms with Gasteiger partial charge in [0.05, 0.1) is 13.0 Å². The highest BCUT2D eigenvalue weighted by Gasteiger charge is 2.46. The molecule has 0 amide bonds. The summed E-state index contributed by atoms with van der Waals surface area (Å²) in [5.74, 6) is 1.32. The van der Waals surface area contributed by atoms with Crippen LogP contribution < -0.4 is 0 Å². The Bertz CT molecular complexity index is 325. The van der Waals surface area contributed by atoms with E-state index in [-0.39, 0.29) is 11.5 Å². The van der Waals surface area contributed by atoms with E-state index in [1.165, 1.54) is 32.1 Å². The number of esters is 1. The number of ether oxygens (including phenoxy) is 1. The van der Waals surface area contributed by atoms with Crippen molar-refractivity contribution in [3.63, 3.8) is 0 Å². The predicted molar refractivity (Wildman–Crippen MR) is 81.6 cm³/mol. The summed E-state index contributed by atoms with van der Waals surface area (Å²) in [6.07, 6.45) is 8.21. The van der Waals surface area contributed by atoms with Crippen LogP contribution in [0.3, 0.4) is 0 Å². The van der Waals surface area contributed by atoms with Crippen LogP contribution >= 0.6 is 0 Å². The highest BCUT2D eigenvalue weighted by atomic mass is 16.5. The molecule has 1 saturated carbocycles. The van der Waals surface area contributed by atoms with Gasteiger partial charge in [0.1, 0.15) is 0 Å². The zero-order valence-corrected chi connectivity index (χ0v) is 13.5. The van der Waals surface area contributed by atoms with Gasteiger partial charge in [0, 0.05) is 5.54 Å². The fraction of sp³-hybridized carbons (Fsp3) is 0.941. The average molecular weight is 281 g/mol. The molecule has 3 atom stereocenters. The van der Waals surface area contributed by atoms with E-state index >= 15 is 0 Å². The van der Waals surface area contributed by atoms with Crippen molar-refractivity contribution in [2.24, 2.45) is 11.8 Å². The second-order valence-electron chi connectivity index (χ2n) is 6.92. The molecule has 2 rings (SSSR count). The first-order valence-corrected chi connectivity index (χ1v) is 8.49. The molecule has 1 aliphatic carbocycles. The van der Waals surface area contributed by atoms with Gasteiger partial charge in [0.25, 0.3) is 0 Å². The lowest BCUT2D eigenvalue weighted by Gasteiger charge is -2.53. The summed E-state index contributed by atoms with van der Waals surface area (Å²) >= 11 is 0. The summed E-state index contributed by atoms with van der Waals surface area (Å²) < 4.78 is 5.28. The number of hydrogen-bond acceptors (Lipinski definition) is 3. The van der Waals surface area contributed by atoms with Gasteiger partial charge in [0.15, 0.2) is 0 Å². The Morgan fingerprint density at radius 2 is 1.90 bits per heavy atom. The Labute approximate surface area is 124 Å². The Morgan fingerprint density at radius 1 is 1.20 bits per heavy atom. The van der Waals surface area contributed by atoms with Crippen LogP contribution in [0.25, 0.3) is 0 Å². The summed E-state index contributed by atoms with van der Waals surface area (Å²) in [7, 11) is 0. The normalized spacial score (nSPS) is 35.8. The van der Waals surface area contributed by atoms with Gasteiger partial charge >= 0.3 is 5.97 Å². The molecule has 0 aromatic rings. The second-order valence-corrected chi connectivity index (χ2v) is 6.92. The van der Waals surface area contributed by atoms with E-state index in [9.17, 15) is 4.79 Å². The van der Waals surface area contributed by atoms with E-state index in [0.29, 0.717) is 18.9 Å². The minimum atomic E-state index is -0.000904. The van der Waals surface area contributed by atoms with Gasteiger partial charge in [-0.05, 0) is 57.5 Å². The smallest absolute Gasteiger partial charge is 0.307 e. The summed E-state index contributed by atoms with van der Waals surface area (Å²) in [4.78, 5) is 14.8. The summed E-state index contributed by atoms with van der Waals surface area (Å²) in [5.41, 5.74) is 0.0599. The Hall–Kier alpha value is -0.570. The fourth-order valence-electron chi connectivity index (χ4n) is 4.31. The molecule has 0 radical (unpaired) electrons. The summed E-state index contributed by atoms with van der Waals surface area (Å²) in [5, 5.41) is 0. The molecule has 1 saturated heterocycles. The Balaban J connectivity index is 2.18. The molecule has 0 bridgehead atoms. The van der Waals surface area contributed by atoms with E-state index in [1.807, 2.05) is 6.92 Å². The van der Waals surface area contributed by atoms with Gasteiger partial charge in [-0.1, -0.05) is 26.7 Å². The van der Waals surface area contributed by atoms with Crippen LogP contribution in [-0.2, 0) is 9.53 Å². The molecule has 0 spiro atoms. The van der Waals surface area contributed by atoms with Crippen molar-refractivity contribution in [1.29, 1.82) is 0 Å². The third-order valence-corrected chi connectivity index (χ3v) is 5.45. The van der Waals surface area contributed by atoms with Crippen molar-refractivity contribution in [3.8, 4) is 0 Å². The maximum atomic E-state index is 12.2. The first-order valence-electron chi connectivity index (χ1n) is 8.49. The Morgan fingerprint density at radius 3 is 2.55 bits per heavy atom. The van der Waals surface area contributed by atoms with Crippen molar-refractivity contribution in [3.05, 3.63) is 0 Å². The van der Waals surface area contributed by atoms with Crippen molar-refractivity contribution < 1.29 is 9.53 Å². The van der Waals surface area contributed by atoms with Crippen LogP contribution in [0, 0.1) is 11.8 Å². The molecule has 20 heavy (non-hydrogen) atoms. The fourth-order valence-corrected chi connectivity index (χ4v) is 4.31. The van der Waals surface area contributed by atoms with Gasteiger partial charge in [-0.15, -0.1) is 0 Å². The lowest BCUT2D eigenvalue weighted by Crippen LogP contribution is -2.58. The van der Waals surface area contributed by atoms with Gasteiger partial charge < -0.3 is 4.74 Å². The molecule has 3 unspecified atom stereocenters. The molecule has 0 aromatic carbocycles. The van der Waals surface area contributed by atoms with E-state index in [0.717, 1.165) is 25.4 Å². The zero-order valence-electron chi connectivity index (χ0n) is 13.5. The van der Waals surface area contributed by atoms with Gasteiger partial charge in [-0.25, -0.2) is 0 Å². The van der Waals surface area contributed by atoms with Crippen LogP contribution in [0.15, 0.2) is 0 Å². The molecule has 2 fully saturated rings. The minimum Gasteiger partial charge on any atom is -0.466 e. The van der Waals surface area contributed by atoms with Crippen molar-refractivity contribution in [2.75, 3.05) is 19.7 Å². The topological polar surface area (TPSA) is 29.5 Å². The molecule has 3 nitrogen and oxygen atoms in total. The number of hydrogen-bond donors (Lipinski definition) is 0. The van der Waals surface area contributed by atoms with Crippen LogP contribution in [0.4, 0.5) is 0 Å². The minimum absolute atomic E-state index is 0.000904. The third-order valence-electron chi connectivity index (χ3n) is 5.45. The highest BCUT2D eigenvalue weighted by Crippen LogP contribution is 2.44. The van der Waals surface area contributed by atoms with Crippen molar-refractivity contribution in [1.82, 2.24) is 4.90 Å². The van der Waals surface area contributed by atoms with Gasteiger partial charge in [0.2, 0.25) is 0 Å². The van der Waals surface area contributed by atoms with Crippen LogP contribution in [0.1, 0.15) is 65.7 Å². The average Bonchev–Trinajstić information content (AvgIpc) is 2.44. The van der Waals surface area contributed by atoms with Crippen molar-refractivity contribution in [2.45, 2.75) is 71.3 Å². The first kappa shape index (κ1) is 15.8. The maximum absolute atomic E-state index is 12.2. The Kier molecular flexibility index (Phi) is 5.48. The van der Waals surface area contributed by atoms with Gasteiger partial charge in [-0.3, -0.25) is 9.69 Å². The van der Waals surface area contributed by atoms with E-state index < -0.39 is 0 Å². The van der Waals surface area contributed by atoms with Crippen LogP contribution in [-0.4, -0.2) is 36.1 Å². The SMILES string of the molecule is CCOC(=O)CC1(N2CCCCC2)CC(C)CCC1C. The molecule has 0 N–H and O–H groups in total. The predicted octanol–water partition coefficient (Wildman–Crippen LogP) is 3.62. The number of likely N-dealkylation sites (tertiary alicyclic amines) is 1. The van der Waals surface area contributed by atoms with E-state index in [4.69, 9.17) is 4.74 Å². The number of nitrogens with zero attached hydrogens (tertiary/aromatic N) is 1. The molecule has 2 aliphatic rings. The molecule has 3 heteroatoms. The molecule has 0 aromatic heterocycles. The standard InChI is InChI=1S/C17H31NO2/c1-4-20-16(19)13-17(18-10-6-5-7-11-18)12-14(2)8-9-15(17)3/h14-15H,4-13H2,1-3H3. The monoisotopic (exact) mass is 281 g/mol. The van der Waals surface area contributed by atoms with E-state index in [2.05, 4.69) is 18.7 Å². The third kappa shape index (κ3) is 3.36.